The summed E-state index contributed by atoms with van der Waals surface area (Å²) in [7, 11) is 0. The van der Waals surface area contributed by atoms with Crippen LogP contribution >= 0.6 is 0 Å². The SMILES string of the molecule is CC(=O)N[C@H]1[C@H]([C@@H](O)[C@@H](O)CO)O[C@@](O[C@H]2[C@@H](O)[C@@H](CO)O[C@@H](O[C@H]3[C@H](O[C@@H]4O[C@@H](C)[C@@H](O)[C@@H](O)[C@@H]4O)[C@@H](NC(=O)c4ccccc4)[C@H](O[C@@H]4[C@@H](O)[C@H](O)O[C@H](CO)[C@@H]4O)O[C@@H]3CO)[C@@H]2O)(C(=O)O)C[C@@H]1O. The molecule has 2 amide bonds. The standard InChI is InChI=1S/C42H64N2O28/c1-13-23(52)27(56)28(57)39(64-13)69-33-22(44-36(60)15-6-4-3-5-7-15)38(70-34-25(54)18(10-46)65-37(61)29(34)58)67-20(12-48)31(33)68-40-30(59)35(26(55)19(11-47)66-40)72-42(41(62)63)8-16(50)21(43-14(2)49)32(71-42)24(53)17(51)9-45/h3-7,13,16-35,37-40,45-48,50-59,61H,8-12H2,1-2H3,(H,43,49)(H,44,60)(H,62,63)/t13-,16-,17-,18+,19+,20+,21+,22+,23+,24-,25-,26-,27+,28-,29+,30+,31+,32+,33+,34-,35-,37+,38-,39-,40-,42-/m0/s1. The molecule has 6 rings (SSSR count). The lowest BCUT2D eigenvalue weighted by Crippen LogP contribution is -2.72. The van der Waals surface area contributed by atoms with Crippen LogP contribution in [0.5, 0.6) is 0 Å². The second kappa shape index (κ2) is 24.6. The lowest BCUT2D eigenvalue weighted by atomic mass is 9.88. The van der Waals surface area contributed by atoms with Crippen LogP contribution in [0, 0.1) is 0 Å². The Hall–Kier alpha value is -3.33. The van der Waals surface area contributed by atoms with Gasteiger partial charge in [0.05, 0.1) is 44.7 Å². The summed E-state index contributed by atoms with van der Waals surface area (Å²) in [4.78, 5) is 39.3. The van der Waals surface area contributed by atoms with Crippen molar-refractivity contribution in [1.29, 1.82) is 0 Å². The van der Waals surface area contributed by atoms with Crippen LogP contribution in [-0.4, -0.2) is 285 Å². The van der Waals surface area contributed by atoms with Crippen molar-refractivity contribution in [3.05, 3.63) is 35.9 Å². The Morgan fingerprint density at radius 1 is 0.653 bits per heavy atom. The first-order chi connectivity index (χ1) is 34.0. The van der Waals surface area contributed by atoms with E-state index in [1.807, 2.05) is 0 Å². The van der Waals surface area contributed by atoms with Crippen molar-refractivity contribution in [2.24, 2.45) is 0 Å². The number of nitrogens with one attached hydrogen (secondary N) is 2. The number of carbonyl (C=O) groups excluding carboxylic acids is 2. The minimum Gasteiger partial charge on any atom is -0.477 e. The third-order valence-corrected chi connectivity index (χ3v) is 13.0. The Morgan fingerprint density at radius 3 is 1.82 bits per heavy atom. The fraction of sp³-hybridized carbons (Fsp3) is 0.786. The van der Waals surface area contributed by atoms with E-state index in [1.165, 1.54) is 31.2 Å². The van der Waals surface area contributed by atoms with Gasteiger partial charge in [0.1, 0.15) is 110 Å². The van der Waals surface area contributed by atoms with Gasteiger partial charge in [-0.3, -0.25) is 9.59 Å². The van der Waals surface area contributed by atoms with Crippen molar-refractivity contribution >= 4 is 17.8 Å². The fourth-order valence-corrected chi connectivity index (χ4v) is 9.06. The molecule has 26 atom stereocenters. The zero-order chi connectivity index (χ0) is 53.1. The molecule has 0 aliphatic carbocycles. The quantitative estimate of drug-likeness (QED) is 0.0649. The summed E-state index contributed by atoms with van der Waals surface area (Å²) in [6.07, 6.45) is -47.3. The fourth-order valence-electron chi connectivity index (χ4n) is 9.06. The van der Waals surface area contributed by atoms with E-state index in [1.54, 1.807) is 6.07 Å². The van der Waals surface area contributed by atoms with Crippen molar-refractivity contribution < 1.29 is 139 Å². The van der Waals surface area contributed by atoms with Gasteiger partial charge in [0.2, 0.25) is 5.91 Å². The number of aliphatic hydroxyl groups excluding tert-OH is 15. The third kappa shape index (κ3) is 12.2. The molecule has 30 nitrogen and oxygen atoms in total. The summed E-state index contributed by atoms with van der Waals surface area (Å²) in [6, 6.07) is 3.69. The molecular weight excluding hydrogens is 980 g/mol. The van der Waals surface area contributed by atoms with Crippen LogP contribution in [-0.2, 0) is 52.2 Å². The van der Waals surface area contributed by atoms with E-state index in [9.17, 15) is 96.1 Å². The molecule has 0 bridgehead atoms. The molecule has 0 saturated carbocycles. The van der Waals surface area contributed by atoms with Crippen LogP contribution in [0.15, 0.2) is 30.3 Å². The van der Waals surface area contributed by atoms with Gasteiger partial charge in [-0.05, 0) is 19.1 Å². The van der Waals surface area contributed by atoms with Gasteiger partial charge >= 0.3 is 5.97 Å². The molecule has 30 heteroatoms. The summed E-state index contributed by atoms with van der Waals surface area (Å²) in [5, 5.41) is 177. The molecule has 5 aliphatic heterocycles. The Morgan fingerprint density at radius 2 is 1.22 bits per heavy atom. The predicted octanol–water partition coefficient (Wildman–Crippen LogP) is -10.1. The highest BCUT2D eigenvalue weighted by Gasteiger charge is 2.61. The van der Waals surface area contributed by atoms with Crippen LogP contribution in [0.3, 0.4) is 0 Å². The summed E-state index contributed by atoms with van der Waals surface area (Å²) in [5.41, 5.74) is -0.0306. The van der Waals surface area contributed by atoms with Crippen molar-refractivity contribution in [3.8, 4) is 0 Å². The first-order valence-corrected chi connectivity index (χ1v) is 22.7. The molecule has 5 heterocycles. The molecule has 5 aliphatic rings. The minimum atomic E-state index is -3.22. The number of rotatable bonds is 18. The highest BCUT2D eigenvalue weighted by atomic mass is 16.8. The molecule has 5 saturated heterocycles. The number of carboxylic acid groups (broad SMARTS) is 1. The topological polar surface area (TPSA) is 482 Å². The highest BCUT2D eigenvalue weighted by molar-refractivity contribution is 5.94. The van der Waals surface area contributed by atoms with Crippen LogP contribution in [0.25, 0.3) is 0 Å². The zero-order valence-corrected chi connectivity index (χ0v) is 38.4. The first-order valence-electron chi connectivity index (χ1n) is 22.7. The lowest BCUT2D eigenvalue weighted by Gasteiger charge is -2.52. The van der Waals surface area contributed by atoms with Gasteiger partial charge in [0, 0.05) is 18.9 Å². The second-order valence-corrected chi connectivity index (χ2v) is 18.0. The van der Waals surface area contributed by atoms with Crippen molar-refractivity contribution in [2.45, 2.75) is 179 Å². The van der Waals surface area contributed by atoms with E-state index < -0.39 is 210 Å². The van der Waals surface area contributed by atoms with E-state index in [4.69, 9.17) is 42.6 Å². The molecule has 72 heavy (non-hydrogen) atoms. The Labute approximate surface area is 408 Å². The molecule has 5 fully saturated rings. The van der Waals surface area contributed by atoms with E-state index in [-0.39, 0.29) is 5.56 Å². The maximum Gasteiger partial charge on any atom is 0.364 e. The summed E-state index contributed by atoms with van der Waals surface area (Å²) in [5.74, 6) is -7.05. The molecule has 1 aromatic rings. The normalized spacial score (nSPS) is 44.6. The molecule has 0 aromatic heterocycles. The minimum absolute atomic E-state index is 0.0306. The van der Waals surface area contributed by atoms with E-state index >= 15 is 0 Å². The Balaban J connectivity index is 1.42. The maximum atomic E-state index is 14.0. The van der Waals surface area contributed by atoms with E-state index in [2.05, 4.69) is 10.6 Å². The van der Waals surface area contributed by atoms with Crippen LogP contribution in [0.4, 0.5) is 0 Å². The number of hydrogen-bond acceptors (Lipinski definition) is 27. The Kier molecular flexibility index (Phi) is 19.8. The smallest absolute Gasteiger partial charge is 0.364 e. The van der Waals surface area contributed by atoms with Crippen LogP contribution < -0.4 is 10.6 Å². The third-order valence-electron chi connectivity index (χ3n) is 13.0. The van der Waals surface area contributed by atoms with Crippen molar-refractivity contribution in [2.75, 3.05) is 26.4 Å². The van der Waals surface area contributed by atoms with Gasteiger partial charge in [-0.1, -0.05) is 18.2 Å². The predicted molar refractivity (Wildman–Crippen MR) is 226 cm³/mol. The van der Waals surface area contributed by atoms with Crippen LogP contribution in [0.2, 0.25) is 0 Å². The van der Waals surface area contributed by atoms with Crippen molar-refractivity contribution in [1.82, 2.24) is 10.6 Å². The molecule has 410 valence electrons. The average Bonchev–Trinajstić information content (AvgIpc) is 3.35. The summed E-state index contributed by atoms with van der Waals surface area (Å²) >= 11 is 0. The number of ether oxygens (including phenoxy) is 9. The van der Waals surface area contributed by atoms with Gasteiger partial charge in [-0.2, -0.15) is 0 Å². The second-order valence-electron chi connectivity index (χ2n) is 18.0. The molecule has 0 unspecified atom stereocenters. The molecular formula is C42H64N2O28. The molecule has 18 N–H and O–H groups in total. The maximum absolute atomic E-state index is 14.0. The summed E-state index contributed by atoms with van der Waals surface area (Å²) < 4.78 is 52.5. The number of aliphatic hydroxyl groups is 15. The van der Waals surface area contributed by atoms with Gasteiger partial charge in [-0.15, -0.1) is 0 Å². The molecule has 1 aromatic carbocycles. The van der Waals surface area contributed by atoms with E-state index in [0.29, 0.717) is 0 Å². The molecule has 0 radical (unpaired) electrons. The number of carbonyl (C=O) groups is 3. The van der Waals surface area contributed by atoms with Gasteiger partial charge in [0.15, 0.2) is 25.2 Å². The highest BCUT2D eigenvalue weighted by Crippen LogP contribution is 2.40. The number of hydrogen-bond donors (Lipinski definition) is 18. The summed E-state index contributed by atoms with van der Waals surface area (Å²) in [6.45, 7) is -2.05. The van der Waals surface area contributed by atoms with E-state index in [0.717, 1.165) is 6.92 Å². The number of amides is 2. The molecule has 0 spiro atoms. The lowest BCUT2D eigenvalue weighted by molar-refractivity contribution is -0.396. The Bertz CT molecular complexity index is 1930. The largest absolute Gasteiger partial charge is 0.477 e. The first kappa shape index (κ1) is 57.9. The number of benzene rings is 1. The monoisotopic (exact) mass is 1040 g/mol. The number of aliphatic carboxylic acids is 1. The number of carboxylic acids is 1. The van der Waals surface area contributed by atoms with Gasteiger partial charge in [0.25, 0.3) is 11.7 Å². The average molecular weight is 1040 g/mol. The van der Waals surface area contributed by atoms with Crippen LogP contribution in [0.1, 0.15) is 30.6 Å². The van der Waals surface area contributed by atoms with Crippen molar-refractivity contribution in [3.63, 3.8) is 0 Å². The van der Waals surface area contributed by atoms with Gasteiger partial charge < -0.3 is 135 Å². The van der Waals surface area contributed by atoms with Gasteiger partial charge in [-0.25, -0.2) is 4.79 Å². The zero-order valence-electron chi connectivity index (χ0n) is 38.4.